The fourth-order valence-electron chi connectivity index (χ4n) is 4.11. The van der Waals surface area contributed by atoms with E-state index in [0.717, 1.165) is 34.8 Å². The Morgan fingerprint density at radius 1 is 1.18 bits per heavy atom. The van der Waals surface area contributed by atoms with Crippen molar-refractivity contribution in [3.63, 3.8) is 0 Å². The third-order valence-corrected chi connectivity index (χ3v) is 7.72. The molecule has 0 unspecified atom stereocenters. The number of piperidine rings is 1. The van der Waals surface area contributed by atoms with E-state index in [9.17, 15) is 0 Å². The number of fused-ring (bicyclic) bond motifs is 1. The Hall–Kier alpha value is -0.960. The maximum atomic E-state index is 6.40. The third kappa shape index (κ3) is 3.76. The maximum absolute atomic E-state index is 6.40. The van der Waals surface area contributed by atoms with E-state index in [2.05, 4.69) is 85.2 Å². The van der Waals surface area contributed by atoms with Gasteiger partial charge in [0.05, 0.1) is 10.7 Å². The molecule has 1 aliphatic heterocycles. The first-order chi connectivity index (χ1) is 13.5. The third-order valence-electron chi connectivity index (χ3n) is 5.71. The normalized spacial score (nSPS) is 15.7. The SMILES string of the molecule is Cc1cc(-c2cc3c(Cl)ccnc3n2SI)ccc1N1CCC(N(C)C)CC1. The predicted octanol–water partition coefficient (Wildman–Crippen LogP) is 6.04. The van der Waals surface area contributed by atoms with Gasteiger partial charge in [-0.25, -0.2) is 4.98 Å². The van der Waals surface area contributed by atoms with Crippen LogP contribution in [0.4, 0.5) is 5.69 Å². The predicted molar refractivity (Wildman–Crippen MR) is 131 cm³/mol. The highest BCUT2D eigenvalue weighted by Gasteiger charge is 2.22. The van der Waals surface area contributed by atoms with Crippen LogP contribution in [0, 0.1) is 6.92 Å². The lowest BCUT2D eigenvalue weighted by atomic mass is 10.0. The van der Waals surface area contributed by atoms with Gasteiger partial charge in [-0.2, -0.15) is 0 Å². The van der Waals surface area contributed by atoms with Crippen molar-refractivity contribution in [1.82, 2.24) is 13.9 Å². The van der Waals surface area contributed by atoms with Gasteiger partial charge in [-0.05, 0) is 69.3 Å². The molecule has 1 fully saturated rings. The molecule has 3 heterocycles. The summed E-state index contributed by atoms with van der Waals surface area (Å²) < 4.78 is 2.15. The van der Waals surface area contributed by atoms with Crippen LogP contribution < -0.4 is 4.90 Å². The zero-order valence-corrected chi connectivity index (χ0v) is 20.1. The standard InChI is InChI=1S/C21H24ClIN4S/c1-14-12-15(4-5-19(14)26-10-7-16(8-11-26)25(2)3)20-13-17-18(22)6-9-24-21(17)27(20)28-23/h4-6,9,12-13,16H,7-8,10-11H2,1-3H3. The Kier molecular flexibility index (Phi) is 6.11. The molecule has 0 amide bonds. The smallest absolute Gasteiger partial charge is 0.152 e. The van der Waals surface area contributed by atoms with Crippen molar-refractivity contribution in [3.05, 3.63) is 47.1 Å². The van der Waals surface area contributed by atoms with Gasteiger partial charge in [0, 0.05) is 66.7 Å². The number of hydrogen-bond donors (Lipinski definition) is 0. The van der Waals surface area contributed by atoms with E-state index in [0.29, 0.717) is 6.04 Å². The van der Waals surface area contributed by atoms with Crippen molar-refractivity contribution < 1.29 is 0 Å². The van der Waals surface area contributed by atoms with Crippen LogP contribution in [0.1, 0.15) is 18.4 Å². The summed E-state index contributed by atoms with van der Waals surface area (Å²) in [6.45, 7) is 4.45. The van der Waals surface area contributed by atoms with Gasteiger partial charge in [0.1, 0.15) is 0 Å². The zero-order chi connectivity index (χ0) is 19.8. The van der Waals surface area contributed by atoms with Crippen LogP contribution in [0.2, 0.25) is 5.02 Å². The second kappa shape index (κ2) is 8.42. The Morgan fingerprint density at radius 2 is 1.93 bits per heavy atom. The molecule has 7 heteroatoms. The van der Waals surface area contributed by atoms with Gasteiger partial charge in [0.15, 0.2) is 5.65 Å². The molecule has 2 aromatic heterocycles. The largest absolute Gasteiger partial charge is 0.371 e. The molecule has 0 atom stereocenters. The van der Waals surface area contributed by atoms with E-state index in [1.165, 1.54) is 29.7 Å². The molecule has 4 rings (SSSR count). The van der Waals surface area contributed by atoms with E-state index in [4.69, 9.17) is 11.6 Å². The van der Waals surface area contributed by atoms with Gasteiger partial charge < -0.3 is 9.80 Å². The molecule has 1 saturated heterocycles. The van der Waals surface area contributed by atoms with E-state index < -0.39 is 0 Å². The van der Waals surface area contributed by atoms with Gasteiger partial charge in [-0.3, -0.25) is 3.97 Å². The number of aromatic nitrogens is 2. The highest BCUT2D eigenvalue weighted by Crippen LogP contribution is 2.37. The molecular weight excluding hydrogens is 503 g/mol. The molecule has 3 aromatic rings. The first kappa shape index (κ1) is 20.3. The molecule has 4 nitrogen and oxygen atoms in total. The second-order valence-corrected chi connectivity index (χ2v) is 9.70. The number of halogens is 2. The minimum Gasteiger partial charge on any atom is -0.371 e. The molecule has 0 N–H and O–H groups in total. The van der Waals surface area contributed by atoms with Gasteiger partial charge in [0.2, 0.25) is 0 Å². The van der Waals surface area contributed by atoms with Crippen LogP contribution in [0.3, 0.4) is 0 Å². The van der Waals surface area contributed by atoms with Gasteiger partial charge in [0.25, 0.3) is 0 Å². The van der Waals surface area contributed by atoms with Crippen molar-refractivity contribution in [1.29, 1.82) is 0 Å². The molecule has 148 valence electrons. The summed E-state index contributed by atoms with van der Waals surface area (Å²) in [6.07, 6.45) is 4.21. The summed E-state index contributed by atoms with van der Waals surface area (Å²) in [5.41, 5.74) is 5.91. The molecule has 0 spiro atoms. The summed E-state index contributed by atoms with van der Waals surface area (Å²) >= 11 is 8.71. The van der Waals surface area contributed by atoms with E-state index >= 15 is 0 Å². The Labute approximate surface area is 188 Å². The summed E-state index contributed by atoms with van der Waals surface area (Å²) in [7, 11) is 6.00. The lowest BCUT2D eigenvalue weighted by Gasteiger charge is -2.37. The van der Waals surface area contributed by atoms with Crippen LogP contribution in [0.15, 0.2) is 36.5 Å². The second-order valence-electron chi connectivity index (χ2n) is 7.61. The number of aryl methyl sites for hydroxylation is 1. The van der Waals surface area contributed by atoms with Crippen LogP contribution >= 0.6 is 41.9 Å². The first-order valence-corrected chi connectivity index (χ1v) is 13.2. The molecule has 0 bridgehead atoms. The highest BCUT2D eigenvalue weighted by molar-refractivity contribution is 14.2. The molecule has 1 aromatic carbocycles. The Bertz CT molecular complexity index is 995. The van der Waals surface area contributed by atoms with Crippen molar-refractivity contribution in [2.45, 2.75) is 25.8 Å². The molecule has 0 aliphatic carbocycles. The number of benzene rings is 1. The minimum absolute atomic E-state index is 0.699. The van der Waals surface area contributed by atoms with Gasteiger partial charge >= 0.3 is 0 Å². The van der Waals surface area contributed by atoms with Gasteiger partial charge in [-0.1, -0.05) is 17.7 Å². The topological polar surface area (TPSA) is 24.3 Å². The van der Waals surface area contributed by atoms with Crippen LogP contribution in [0.5, 0.6) is 0 Å². The fraction of sp³-hybridized carbons (Fsp3) is 0.381. The van der Waals surface area contributed by atoms with Crippen molar-refractivity contribution >= 4 is 58.6 Å². The van der Waals surface area contributed by atoms with Gasteiger partial charge in [-0.15, -0.1) is 0 Å². The number of nitrogens with zero attached hydrogens (tertiary/aromatic N) is 4. The van der Waals surface area contributed by atoms with Crippen molar-refractivity contribution in [2.75, 3.05) is 32.1 Å². The van der Waals surface area contributed by atoms with Crippen LogP contribution in [-0.2, 0) is 0 Å². The molecule has 1 aliphatic rings. The average molecular weight is 527 g/mol. The average Bonchev–Trinajstić information content (AvgIpc) is 3.08. The summed E-state index contributed by atoms with van der Waals surface area (Å²) in [4.78, 5) is 9.42. The summed E-state index contributed by atoms with van der Waals surface area (Å²) in [5.74, 6) is 0. The Morgan fingerprint density at radius 3 is 2.57 bits per heavy atom. The van der Waals surface area contributed by atoms with E-state index in [-0.39, 0.29) is 0 Å². The van der Waals surface area contributed by atoms with Crippen LogP contribution in [-0.4, -0.2) is 47.1 Å². The van der Waals surface area contributed by atoms with E-state index in [1.54, 1.807) is 15.3 Å². The summed E-state index contributed by atoms with van der Waals surface area (Å²) in [6, 6.07) is 11.5. The molecular formula is C21H24ClIN4S. The number of rotatable bonds is 4. The fourth-order valence-corrected chi connectivity index (χ4v) is 5.94. The quantitative estimate of drug-likeness (QED) is 0.387. The maximum Gasteiger partial charge on any atom is 0.152 e. The monoisotopic (exact) mass is 526 g/mol. The molecule has 0 saturated carbocycles. The van der Waals surface area contributed by atoms with Crippen molar-refractivity contribution in [2.24, 2.45) is 0 Å². The highest BCUT2D eigenvalue weighted by atomic mass is 127. The number of pyridine rings is 1. The molecule has 0 radical (unpaired) electrons. The lowest BCUT2D eigenvalue weighted by Crippen LogP contribution is -2.42. The zero-order valence-electron chi connectivity index (χ0n) is 16.3. The molecule has 28 heavy (non-hydrogen) atoms. The minimum atomic E-state index is 0.699. The van der Waals surface area contributed by atoms with Crippen LogP contribution in [0.25, 0.3) is 22.3 Å². The first-order valence-electron chi connectivity index (χ1n) is 9.47. The van der Waals surface area contributed by atoms with E-state index in [1.807, 2.05) is 6.07 Å². The number of hydrogen-bond acceptors (Lipinski definition) is 4. The Balaban J connectivity index is 1.66. The number of anilines is 1. The van der Waals surface area contributed by atoms with Crippen molar-refractivity contribution in [3.8, 4) is 11.3 Å². The lowest BCUT2D eigenvalue weighted by molar-refractivity contribution is 0.249. The summed E-state index contributed by atoms with van der Waals surface area (Å²) in [5, 5.41) is 1.74.